The smallest absolute Gasteiger partial charge is 0.331 e. The number of allylic oxidation sites excluding steroid dienone is 1. The maximum atomic E-state index is 11.6. The molecule has 0 spiro atoms. The molecular formula is C22H23NO2. The van der Waals surface area contributed by atoms with Crippen LogP contribution in [0.25, 0.3) is 16.5 Å². The summed E-state index contributed by atoms with van der Waals surface area (Å²) in [7, 11) is 0. The van der Waals surface area contributed by atoms with Gasteiger partial charge in [0.1, 0.15) is 0 Å². The first-order valence-electron chi connectivity index (χ1n) is 8.56. The minimum atomic E-state index is -0.294. The van der Waals surface area contributed by atoms with Gasteiger partial charge in [0.05, 0.1) is 6.61 Å². The number of hydrogen-bond donors (Lipinski definition) is 0. The molecule has 1 aromatic heterocycles. The molecule has 0 aliphatic rings. The number of carbonyl (C=O) groups excluding carboxylic acids is 1. The minimum absolute atomic E-state index is 0.294. The standard InChI is InChI=1S/C22H23NO2/c1-4-25-22(24)13-17(3)19-8-9-21-20(14-19)10-11-23(21)15-18-7-5-6-16(2)12-18/h5-14H,4,15H2,1-3H3/b17-13+. The average molecular weight is 333 g/mol. The Balaban J connectivity index is 1.87. The number of carbonyl (C=O) groups is 1. The predicted molar refractivity (Wildman–Crippen MR) is 103 cm³/mol. The third-order valence-corrected chi connectivity index (χ3v) is 4.28. The van der Waals surface area contributed by atoms with Gasteiger partial charge in [0.25, 0.3) is 0 Å². The van der Waals surface area contributed by atoms with Crippen molar-refractivity contribution < 1.29 is 9.53 Å². The highest BCUT2D eigenvalue weighted by atomic mass is 16.5. The van der Waals surface area contributed by atoms with Crippen molar-refractivity contribution in [2.24, 2.45) is 0 Å². The molecule has 0 saturated carbocycles. The van der Waals surface area contributed by atoms with Crippen molar-refractivity contribution >= 4 is 22.4 Å². The molecule has 0 radical (unpaired) electrons. The Morgan fingerprint density at radius 2 is 2.00 bits per heavy atom. The molecular weight excluding hydrogens is 310 g/mol. The average Bonchev–Trinajstić information content (AvgIpc) is 2.97. The Bertz CT molecular complexity index is 934. The Labute approximate surface area is 148 Å². The third-order valence-electron chi connectivity index (χ3n) is 4.28. The number of nitrogens with zero attached hydrogens (tertiary/aromatic N) is 1. The summed E-state index contributed by atoms with van der Waals surface area (Å²) in [5.74, 6) is -0.294. The maximum absolute atomic E-state index is 11.6. The van der Waals surface area contributed by atoms with Crippen LogP contribution in [0.3, 0.4) is 0 Å². The van der Waals surface area contributed by atoms with E-state index in [1.54, 1.807) is 6.08 Å². The van der Waals surface area contributed by atoms with Gasteiger partial charge in [-0.05, 0) is 55.7 Å². The van der Waals surface area contributed by atoms with E-state index in [0.29, 0.717) is 6.61 Å². The lowest BCUT2D eigenvalue weighted by Crippen LogP contribution is -2.00. The molecule has 0 N–H and O–H groups in total. The second-order valence-corrected chi connectivity index (χ2v) is 6.29. The number of fused-ring (bicyclic) bond motifs is 1. The summed E-state index contributed by atoms with van der Waals surface area (Å²) in [6.07, 6.45) is 3.66. The predicted octanol–water partition coefficient (Wildman–Crippen LogP) is 4.96. The van der Waals surface area contributed by atoms with Crippen LogP contribution in [-0.2, 0) is 16.1 Å². The molecule has 0 aliphatic heterocycles. The van der Waals surface area contributed by atoms with E-state index in [0.717, 1.165) is 17.7 Å². The number of ether oxygens (including phenoxy) is 1. The molecule has 25 heavy (non-hydrogen) atoms. The van der Waals surface area contributed by atoms with Crippen molar-refractivity contribution in [1.82, 2.24) is 4.57 Å². The largest absolute Gasteiger partial charge is 0.463 e. The highest BCUT2D eigenvalue weighted by molar-refractivity contribution is 5.92. The molecule has 3 aromatic rings. The molecule has 3 heteroatoms. The third kappa shape index (κ3) is 4.00. The lowest BCUT2D eigenvalue weighted by Gasteiger charge is -2.08. The monoisotopic (exact) mass is 333 g/mol. The summed E-state index contributed by atoms with van der Waals surface area (Å²) in [6.45, 7) is 7.10. The molecule has 0 aliphatic carbocycles. The first-order valence-corrected chi connectivity index (χ1v) is 8.56. The van der Waals surface area contributed by atoms with Gasteiger partial charge in [0.15, 0.2) is 0 Å². The first kappa shape index (κ1) is 17.0. The van der Waals surface area contributed by atoms with Crippen molar-refractivity contribution in [3.05, 3.63) is 77.5 Å². The van der Waals surface area contributed by atoms with Crippen LogP contribution in [0, 0.1) is 6.92 Å². The molecule has 1 heterocycles. The van der Waals surface area contributed by atoms with Crippen LogP contribution in [0.4, 0.5) is 0 Å². The van der Waals surface area contributed by atoms with Gasteiger partial charge in [0.2, 0.25) is 0 Å². The van der Waals surface area contributed by atoms with Gasteiger partial charge in [-0.15, -0.1) is 0 Å². The second kappa shape index (κ2) is 7.39. The SMILES string of the molecule is CCOC(=O)/C=C(\C)c1ccc2c(ccn2Cc2cccc(C)c2)c1. The Hall–Kier alpha value is -2.81. The fraction of sp³-hybridized carbons (Fsp3) is 0.227. The van der Waals surface area contributed by atoms with Crippen molar-refractivity contribution in [3.63, 3.8) is 0 Å². The molecule has 3 rings (SSSR count). The zero-order chi connectivity index (χ0) is 17.8. The zero-order valence-electron chi connectivity index (χ0n) is 15.0. The summed E-state index contributed by atoms with van der Waals surface area (Å²) in [5.41, 5.74) is 5.70. The summed E-state index contributed by atoms with van der Waals surface area (Å²) in [4.78, 5) is 11.6. The Morgan fingerprint density at radius 3 is 2.76 bits per heavy atom. The zero-order valence-corrected chi connectivity index (χ0v) is 15.0. The van der Waals surface area contributed by atoms with Gasteiger partial charge in [0, 0.05) is 29.7 Å². The summed E-state index contributed by atoms with van der Waals surface area (Å²) in [6, 6.07) is 17.0. The van der Waals surface area contributed by atoms with Gasteiger partial charge < -0.3 is 9.30 Å². The Morgan fingerprint density at radius 1 is 1.16 bits per heavy atom. The fourth-order valence-corrected chi connectivity index (χ4v) is 3.03. The molecule has 3 nitrogen and oxygen atoms in total. The molecule has 128 valence electrons. The summed E-state index contributed by atoms with van der Waals surface area (Å²) >= 11 is 0. The quantitative estimate of drug-likeness (QED) is 0.488. The van der Waals surface area contributed by atoms with Crippen LogP contribution in [0.1, 0.15) is 30.5 Å². The number of aryl methyl sites for hydroxylation is 1. The van der Waals surface area contributed by atoms with Crippen LogP contribution in [-0.4, -0.2) is 17.1 Å². The lowest BCUT2D eigenvalue weighted by atomic mass is 10.1. The fourth-order valence-electron chi connectivity index (χ4n) is 3.03. The van der Waals surface area contributed by atoms with E-state index in [1.165, 1.54) is 22.0 Å². The summed E-state index contributed by atoms with van der Waals surface area (Å²) < 4.78 is 7.23. The van der Waals surface area contributed by atoms with Crippen LogP contribution < -0.4 is 0 Å². The van der Waals surface area contributed by atoms with Crippen molar-refractivity contribution in [2.45, 2.75) is 27.3 Å². The Kier molecular flexibility index (Phi) is 5.03. The number of esters is 1. The van der Waals surface area contributed by atoms with E-state index in [2.05, 4.69) is 66.2 Å². The van der Waals surface area contributed by atoms with E-state index in [1.807, 2.05) is 13.8 Å². The van der Waals surface area contributed by atoms with Crippen LogP contribution >= 0.6 is 0 Å². The minimum Gasteiger partial charge on any atom is -0.463 e. The van der Waals surface area contributed by atoms with Crippen molar-refractivity contribution in [3.8, 4) is 0 Å². The van der Waals surface area contributed by atoms with Crippen molar-refractivity contribution in [2.75, 3.05) is 6.61 Å². The second-order valence-electron chi connectivity index (χ2n) is 6.29. The van der Waals surface area contributed by atoms with Crippen LogP contribution in [0.5, 0.6) is 0 Å². The van der Waals surface area contributed by atoms with Gasteiger partial charge in [-0.2, -0.15) is 0 Å². The first-order chi connectivity index (χ1) is 12.1. The van der Waals surface area contributed by atoms with E-state index in [9.17, 15) is 4.79 Å². The van der Waals surface area contributed by atoms with E-state index >= 15 is 0 Å². The maximum Gasteiger partial charge on any atom is 0.331 e. The topological polar surface area (TPSA) is 31.2 Å². The van der Waals surface area contributed by atoms with E-state index < -0.39 is 0 Å². The number of hydrogen-bond acceptors (Lipinski definition) is 2. The number of rotatable bonds is 5. The highest BCUT2D eigenvalue weighted by Gasteiger charge is 2.06. The van der Waals surface area contributed by atoms with Crippen LogP contribution in [0.15, 0.2) is 60.8 Å². The lowest BCUT2D eigenvalue weighted by molar-refractivity contribution is -0.137. The van der Waals surface area contributed by atoms with Gasteiger partial charge in [-0.3, -0.25) is 0 Å². The summed E-state index contributed by atoms with van der Waals surface area (Å²) in [5, 5.41) is 1.17. The van der Waals surface area contributed by atoms with Gasteiger partial charge in [-0.25, -0.2) is 4.79 Å². The van der Waals surface area contributed by atoms with Gasteiger partial charge >= 0.3 is 5.97 Å². The molecule has 2 aromatic carbocycles. The molecule has 0 saturated heterocycles. The molecule has 0 bridgehead atoms. The highest BCUT2D eigenvalue weighted by Crippen LogP contribution is 2.23. The van der Waals surface area contributed by atoms with Crippen LogP contribution in [0.2, 0.25) is 0 Å². The number of aromatic nitrogens is 1. The number of benzene rings is 2. The molecule has 0 unspecified atom stereocenters. The van der Waals surface area contributed by atoms with E-state index in [4.69, 9.17) is 4.74 Å². The van der Waals surface area contributed by atoms with Crippen molar-refractivity contribution in [1.29, 1.82) is 0 Å². The normalized spacial score (nSPS) is 11.7. The molecule has 0 amide bonds. The van der Waals surface area contributed by atoms with Gasteiger partial charge in [-0.1, -0.05) is 35.9 Å². The molecule has 0 fully saturated rings. The molecule has 0 atom stereocenters. The van der Waals surface area contributed by atoms with E-state index in [-0.39, 0.29) is 5.97 Å².